The van der Waals surface area contributed by atoms with Gasteiger partial charge in [0.1, 0.15) is 5.75 Å². The number of nitrogens with one attached hydrogen (secondary N) is 3. The lowest BCUT2D eigenvalue weighted by atomic mass is 10.2. The zero-order valence-corrected chi connectivity index (χ0v) is 12.8. The zero-order valence-electron chi connectivity index (χ0n) is 12.8. The van der Waals surface area contributed by atoms with Crippen molar-refractivity contribution < 1.29 is 18.3 Å². The summed E-state index contributed by atoms with van der Waals surface area (Å²) in [5.74, 6) is -0.475. The quantitative estimate of drug-likeness (QED) is 0.621. The average molecular weight is 345 g/mol. The molecule has 0 radical (unpaired) electrons. The Morgan fingerprint density at radius 1 is 1.12 bits per heavy atom. The highest BCUT2D eigenvalue weighted by Crippen LogP contribution is 2.21. The van der Waals surface area contributed by atoms with Crippen molar-refractivity contribution in [1.29, 1.82) is 0 Å². The number of aromatic nitrogens is 2. The number of halogens is 2. The number of H-pyrrole nitrogens is 2. The van der Waals surface area contributed by atoms with Crippen molar-refractivity contribution in [3.8, 4) is 5.75 Å². The summed E-state index contributed by atoms with van der Waals surface area (Å²) in [6.45, 7) is -2.95. The van der Waals surface area contributed by atoms with E-state index in [1.807, 2.05) is 0 Å². The summed E-state index contributed by atoms with van der Waals surface area (Å²) >= 11 is 0. The van der Waals surface area contributed by atoms with Gasteiger partial charge in [-0.25, -0.2) is 4.79 Å². The predicted octanol–water partition coefficient (Wildman–Crippen LogP) is 3.11. The number of para-hydroxylation sites is 1. The number of amides is 1. The first-order chi connectivity index (χ1) is 12.0. The molecule has 0 aliphatic heterocycles. The third-order valence-corrected chi connectivity index (χ3v) is 3.33. The second-order valence-electron chi connectivity index (χ2n) is 5.08. The molecule has 0 bridgehead atoms. The van der Waals surface area contributed by atoms with Crippen LogP contribution in [-0.2, 0) is 4.79 Å². The molecule has 1 aromatic heterocycles. The Bertz CT molecular complexity index is 992. The second-order valence-corrected chi connectivity index (χ2v) is 5.08. The number of anilines is 1. The van der Waals surface area contributed by atoms with Crippen molar-refractivity contribution in [2.24, 2.45) is 0 Å². The Balaban J connectivity index is 1.73. The maximum absolute atomic E-state index is 12.4. The van der Waals surface area contributed by atoms with Crippen LogP contribution in [0.2, 0.25) is 0 Å². The average Bonchev–Trinajstić information content (AvgIpc) is 2.93. The molecular formula is C17H13F2N3O3. The molecule has 1 amide bonds. The topological polar surface area (TPSA) is 87.0 Å². The van der Waals surface area contributed by atoms with Crippen molar-refractivity contribution in [2.75, 3.05) is 5.32 Å². The van der Waals surface area contributed by atoms with Gasteiger partial charge >= 0.3 is 12.3 Å². The molecular weight excluding hydrogens is 332 g/mol. The Hall–Kier alpha value is -3.42. The second kappa shape index (κ2) is 7.00. The zero-order chi connectivity index (χ0) is 17.8. The van der Waals surface area contributed by atoms with Gasteiger partial charge in [0.2, 0.25) is 5.91 Å². The Kier molecular flexibility index (Phi) is 4.60. The van der Waals surface area contributed by atoms with Gasteiger partial charge in [-0.15, -0.1) is 0 Å². The first kappa shape index (κ1) is 16.4. The number of ether oxygens (including phenoxy) is 1. The highest BCUT2D eigenvalue weighted by atomic mass is 19.3. The fraction of sp³-hybridized carbons (Fsp3) is 0.0588. The van der Waals surface area contributed by atoms with Gasteiger partial charge in [0.25, 0.3) is 0 Å². The molecule has 2 aromatic carbocycles. The number of hydrogen-bond acceptors (Lipinski definition) is 3. The van der Waals surface area contributed by atoms with Gasteiger partial charge in [-0.2, -0.15) is 8.78 Å². The lowest BCUT2D eigenvalue weighted by Gasteiger charge is -2.07. The molecule has 128 valence electrons. The summed E-state index contributed by atoms with van der Waals surface area (Å²) < 4.78 is 29.1. The van der Waals surface area contributed by atoms with Crippen LogP contribution < -0.4 is 15.7 Å². The van der Waals surface area contributed by atoms with Crippen molar-refractivity contribution in [3.63, 3.8) is 0 Å². The van der Waals surface area contributed by atoms with E-state index >= 15 is 0 Å². The molecule has 6 nitrogen and oxygen atoms in total. The summed E-state index contributed by atoms with van der Waals surface area (Å²) in [5.41, 5.74) is 1.67. The largest absolute Gasteiger partial charge is 0.434 e. The van der Waals surface area contributed by atoms with Gasteiger partial charge in [-0.3, -0.25) is 4.79 Å². The third-order valence-electron chi connectivity index (χ3n) is 3.33. The number of benzene rings is 2. The molecule has 3 rings (SSSR count). The Morgan fingerprint density at radius 2 is 1.88 bits per heavy atom. The first-order valence-electron chi connectivity index (χ1n) is 7.26. The van der Waals surface area contributed by atoms with Crippen LogP contribution in [0.25, 0.3) is 17.1 Å². The number of carbonyl (C=O) groups excluding carboxylic acids is 1. The number of rotatable bonds is 5. The minimum atomic E-state index is -2.95. The molecule has 0 unspecified atom stereocenters. The number of hydrogen-bond donors (Lipinski definition) is 3. The third kappa shape index (κ3) is 4.11. The van der Waals surface area contributed by atoms with E-state index in [1.54, 1.807) is 36.4 Å². The van der Waals surface area contributed by atoms with Gasteiger partial charge in [0, 0.05) is 17.3 Å². The molecule has 0 fully saturated rings. The van der Waals surface area contributed by atoms with Crippen LogP contribution in [0.15, 0.2) is 53.3 Å². The van der Waals surface area contributed by atoms with Crippen LogP contribution >= 0.6 is 0 Å². The SMILES string of the molecule is O=C(/C=C/c1ccccc1OC(F)F)Nc1ccc2[nH]c(=O)[nH]c2c1. The van der Waals surface area contributed by atoms with E-state index in [2.05, 4.69) is 20.0 Å². The van der Waals surface area contributed by atoms with E-state index in [9.17, 15) is 18.4 Å². The highest BCUT2D eigenvalue weighted by molar-refractivity contribution is 6.02. The van der Waals surface area contributed by atoms with E-state index in [1.165, 1.54) is 18.2 Å². The van der Waals surface area contributed by atoms with Crippen molar-refractivity contribution in [1.82, 2.24) is 9.97 Å². The molecule has 0 saturated carbocycles. The van der Waals surface area contributed by atoms with Crippen LogP contribution in [0.5, 0.6) is 5.75 Å². The van der Waals surface area contributed by atoms with Crippen LogP contribution in [-0.4, -0.2) is 22.5 Å². The maximum atomic E-state index is 12.4. The lowest BCUT2D eigenvalue weighted by Crippen LogP contribution is -2.08. The number of carbonyl (C=O) groups is 1. The van der Waals surface area contributed by atoms with Gasteiger partial charge < -0.3 is 20.0 Å². The van der Waals surface area contributed by atoms with E-state index in [0.717, 1.165) is 0 Å². The van der Waals surface area contributed by atoms with Crippen LogP contribution in [0, 0.1) is 0 Å². The molecule has 25 heavy (non-hydrogen) atoms. The van der Waals surface area contributed by atoms with E-state index < -0.39 is 12.5 Å². The van der Waals surface area contributed by atoms with Crippen molar-refractivity contribution in [3.05, 3.63) is 64.6 Å². The summed E-state index contributed by atoms with van der Waals surface area (Å²) in [6, 6.07) is 11.0. The fourth-order valence-electron chi connectivity index (χ4n) is 2.28. The Labute approximate surface area is 140 Å². The summed E-state index contributed by atoms with van der Waals surface area (Å²) in [6.07, 6.45) is 2.58. The summed E-state index contributed by atoms with van der Waals surface area (Å²) in [5, 5.41) is 2.62. The van der Waals surface area contributed by atoms with Crippen molar-refractivity contribution in [2.45, 2.75) is 6.61 Å². The minimum Gasteiger partial charge on any atom is -0.434 e. The molecule has 3 N–H and O–H groups in total. The summed E-state index contributed by atoms with van der Waals surface area (Å²) in [4.78, 5) is 28.4. The normalized spacial score (nSPS) is 11.3. The molecule has 0 aliphatic rings. The number of fused-ring (bicyclic) bond motifs is 1. The van der Waals surface area contributed by atoms with Crippen LogP contribution in [0.3, 0.4) is 0 Å². The van der Waals surface area contributed by atoms with Crippen molar-refractivity contribution >= 4 is 28.7 Å². The molecule has 3 aromatic rings. The first-order valence-corrected chi connectivity index (χ1v) is 7.26. The molecule has 1 heterocycles. The van der Waals surface area contributed by atoms with Crippen LogP contribution in [0.4, 0.5) is 14.5 Å². The standard InChI is InChI=1S/C17H13F2N3O3/c18-16(19)25-14-4-2-1-3-10(14)5-8-15(23)20-11-6-7-12-13(9-11)22-17(24)21-12/h1-9,16H,(H,20,23)(H2,21,22,24)/b8-5+. The smallest absolute Gasteiger partial charge is 0.387 e. The predicted molar refractivity (Wildman–Crippen MR) is 89.7 cm³/mol. The van der Waals surface area contributed by atoms with Gasteiger partial charge in [0.15, 0.2) is 0 Å². The molecule has 0 aliphatic carbocycles. The maximum Gasteiger partial charge on any atom is 0.387 e. The molecule has 0 spiro atoms. The van der Waals surface area contributed by atoms with E-state index in [4.69, 9.17) is 0 Å². The molecule has 8 heteroatoms. The van der Waals surface area contributed by atoms with Gasteiger partial charge in [-0.05, 0) is 30.3 Å². The Morgan fingerprint density at radius 3 is 2.68 bits per heavy atom. The monoisotopic (exact) mass is 345 g/mol. The fourth-order valence-corrected chi connectivity index (χ4v) is 2.28. The molecule has 0 atom stereocenters. The highest BCUT2D eigenvalue weighted by Gasteiger charge is 2.07. The van der Waals surface area contributed by atoms with Gasteiger partial charge in [0.05, 0.1) is 11.0 Å². The number of imidazole rings is 1. The number of aromatic amines is 2. The number of alkyl halides is 2. The lowest BCUT2D eigenvalue weighted by molar-refractivity contribution is -0.111. The minimum absolute atomic E-state index is 0.0205. The van der Waals surface area contributed by atoms with Crippen LogP contribution in [0.1, 0.15) is 5.56 Å². The van der Waals surface area contributed by atoms with Gasteiger partial charge in [-0.1, -0.05) is 18.2 Å². The molecule has 0 saturated heterocycles. The van der Waals surface area contributed by atoms with E-state index in [0.29, 0.717) is 22.3 Å². The van der Waals surface area contributed by atoms with E-state index in [-0.39, 0.29) is 11.4 Å². The summed E-state index contributed by atoms with van der Waals surface area (Å²) in [7, 11) is 0.